The van der Waals surface area contributed by atoms with Crippen molar-refractivity contribution in [3.8, 4) is 17.3 Å². The number of hydrogen-bond donors (Lipinski definition) is 2. The largest absolute Gasteiger partial charge is 0.495 e. The number of piperidine rings is 1. The van der Waals surface area contributed by atoms with Crippen LogP contribution in [0.2, 0.25) is 0 Å². The molecule has 3 aromatic rings. The fourth-order valence-electron chi connectivity index (χ4n) is 3.83. The van der Waals surface area contributed by atoms with Gasteiger partial charge in [-0.25, -0.2) is 0 Å². The molecule has 2 aromatic heterocycles. The van der Waals surface area contributed by atoms with Crippen molar-refractivity contribution in [2.75, 3.05) is 38.7 Å². The number of nitrogens with one attached hydrogen (secondary N) is 2. The van der Waals surface area contributed by atoms with Crippen molar-refractivity contribution in [1.82, 2.24) is 25.8 Å². The summed E-state index contributed by atoms with van der Waals surface area (Å²) < 4.78 is 10.9. The quantitative estimate of drug-likeness (QED) is 0.431. The average Bonchev–Trinajstić information content (AvgIpc) is 3.33. The Balaban J connectivity index is 1.28. The number of pyridine rings is 1. The molecule has 2 N–H and O–H groups in total. The standard InChI is InChI=1S/C23H29N7O2/c1-24-23(26-14-12-21-28-22(32-29-21)18-9-5-6-13-25-18)27-17-8-7-15-30(16-17)19-10-3-4-11-20(19)31-2/h3-6,9-11,13,17H,7-8,12,14-16H2,1-2H3,(H2,24,26,27). The third-order valence-corrected chi connectivity index (χ3v) is 5.40. The van der Waals surface area contributed by atoms with E-state index in [9.17, 15) is 0 Å². The molecule has 0 amide bonds. The molecule has 1 fully saturated rings. The van der Waals surface area contributed by atoms with Crippen LogP contribution in [0.25, 0.3) is 11.6 Å². The highest BCUT2D eigenvalue weighted by Crippen LogP contribution is 2.29. The van der Waals surface area contributed by atoms with E-state index in [1.54, 1.807) is 20.4 Å². The number of anilines is 1. The number of guanidine groups is 1. The number of aliphatic imine (C=N–C) groups is 1. The van der Waals surface area contributed by atoms with Gasteiger partial charge in [-0.1, -0.05) is 23.4 Å². The van der Waals surface area contributed by atoms with Gasteiger partial charge in [0, 0.05) is 45.3 Å². The summed E-state index contributed by atoms with van der Waals surface area (Å²) in [6, 6.07) is 14.0. The lowest BCUT2D eigenvalue weighted by Crippen LogP contribution is -2.51. The molecule has 3 heterocycles. The predicted molar refractivity (Wildman–Crippen MR) is 124 cm³/mol. The molecule has 168 valence electrons. The summed E-state index contributed by atoms with van der Waals surface area (Å²) in [7, 11) is 3.50. The van der Waals surface area contributed by atoms with E-state index in [0.717, 1.165) is 43.3 Å². The SMILES string of the molecule is CN=C(NCCc1noc(-c2ccccn2)n1)NC1CCCN(c2ccccc2OC)C1. The van der Waals surface area contributed by atoms with Crippen molar-refractivity contribution >= 4 is 11.6 Å². The Kier molecular flexibility index (Phi) is 7.16. The van der Waals surface area contributed by atoms with Crippen molar-refractivity contribution in [3.63, 3.8) is 0 Å². The van der Waals surface area contributed by atoms with E-state index in [1.165, 1.54) is 0 Å². The first-order chi connectivity index (χ1) is 15.8. The van der Waals surface area contributed by atoms with Gasteiger partial charge in [0.05, 0.1) is 12.8 Å². The highest BCUT2D eigenvalue weighted by molar-refractivity contribution is 5.80. The lowest BCUT2D eigenvalue weighted by molar-refractivity contribution is 0.408. The highest BCUT2D eigenvalue weighted by atomic mass is 16.5. The van der Waals surface area contributed by atoms with Crippen molar-refractivity contribution in [1.29, 1.82) is 0 Å². The van der Waals surface area contributed by atoms with Gasteiger partial charge in [0.1, 0.15) is 11.4 Å². The van der Waals surface area contributed by atoms with Gasteiger partial charge >= 0.3 is 0 Å². The normalized spacial score (nSPS) is 16.6. The van der Waals surface area contributed by atoms with Crippen LogP contribution in [0.4, 0.5) is 5.69 Å². The van der Waals surface area contributed by atoms with Crippen molar-refractivity contribution in [2.45, 2.75) is 25.3 Å². The zero-order valence-corrected chi connectivity index (χ0v) is 18.5. The molecule has 4 rings (SSSR count). The second kappa shape index (κ2) is 10.6. The summed E-state index contributed by atoms with van der Waals surface area (Å²) >= 11 is 0. The number of rotatable bonds is 7. The number of nitrogens with zero attached hydrogens (tertiary/aromatic N) is 5. The van der Waals surface area contributed by atoms with E-state index < -0.39 is 0 Å². The van der Waals surface area contributed by atoms with Crippen LogP contribution in [0, 0.1) is 0 Å². The smallest absolute Gasteiger partial charge is 0.276 e. The Morgan fingerprint density at radius 1 is 1.25 bits per heavy atom. The van der Waals surface area contributed by atoms with Gasteiger partial charge in [-0.05, 0) is 37.1 Å². The van der Waals surface area contributed by atoms with E-state index in [0.29, 0.717) is 36.4 Å². The molecule has 0 bridgehead atoms. The summed E-state index contributed by atoms with van der Waals surface area (Å²) in [5.41, 5.74) is 1.80. The first-order valence-electron chi connectivity index (χ1n) is 10.9. The number of ether oxygens (including phenoxy) is 1. The van der Waals surface area contributed by atoms with E-state index in [-0.39, 0.29) is 0 Å². The van der Waals surface area contributed by atoms with Crippen LogP contribution in [0.15, 0.2) is 58.2 Å². The number of hydrogen-bond acceptors (Lipinski definition) is 7. The lowest BCUT2D eigenvalue weighted by Gasteiger charge is -2.36. The molecule has 1 aliphatic rings. The second-order valence-electron chi connectivity index (χ2n) is 7.58. The fourth-order valence-corrected chi connectivity index (χ4v) is 3.83. The molecule has 1 atom stereocenters. The summed E-state index contributed by atoms with van der Waals surface area (Å²) in [6.07, 6.45) is 4.52. The van der Waals surface area contributed by atoms with E-state index in [1.807, 2.05) is 36.4 Å². The van der Waals surface area contributed by atoms with Crippen molar-refractivity contribution in [2.24, 2.45) is 4.99 Å². The zero-order valence-electron chi connectivity index (χ0n) is 18.5. The van der Waals surface area contributed by atoms with Gasteiger partial charge < -0.3 is 24.8 Å². The van der Waals surface area contributed by atoms with Gasteiger partial charge in [-0.3, -0.25) is 9.98 Å². The number of methoxy groups -OCH3 is 1. The minimum absolute atomic E-state index is 0.292. The van der Waals surface area contributed by atoms with Gasteiger partial charge in [0.15, 0.2) is 11.8 Å². The monoisotopic (exact) mass is 435 g/mol. The molecule has 32 heavy (non-hydrogen) atoms. The zero-order chi connectivity index (χ0) is 22.2. The van der Waals surface area contributed by atoms with E-state index in [4.69, 9.17) is 9.26 Å². The van der Waals surface area contributed by atoms with Crippen LogP contribution in [0.1, 0.15) is 18.7 Å². The van der Waals surface area contributed by atoms with Gasteiger partial charge in [-0.2, -0.15) is 4.98 Å². The number of para-hydroxylation sites is 2. The minimum Gasteiger partial charge on any atom is -0.495 e. The number of aromatic nitrogens is 3. The molecule has 9 nitrogen and oxygen atoms in total. The Morgan fingerprint density at radius 3 is 2.94 bits per heavy atom. The molecule has 1 aromatic carbocycles. The Morgan fingerprint density at radius 2 is 2.12 bits per heavy atom. The van der Waals surface area contributed by atoms with Crippen LogP contribution in [-0.2, 0) is 6.42 Å². The third kappa shape index (κ3) is 5.35. The summed E-state index contributed by atoms with van der Waals surface area (Å²) in [6.45, 7) is 2.55. The molecule has 1 unspecified atom stereocenters. The van der Waals surface area contributed by atoms with Crippen molar-refractivity contribution in [3.05, 3.63) is 54.5 Å². The Bertz CT molecular complexity index is 1020. The molecule has 1 aliphatic heterocycles. The van der Waals surface area contributed by atoms with E-state index in [2.05, 4.69) is 41.7 Å². The van der Waals surface area contributed by atoms with Crippen molar-refractivity contribution < 1.29 is 9.26 Å². The maximum Gasteiger partial charge on any atom is 0.276 e. The van der Waals surface area contributed by atoms with Crippen LogP contribution in [0.3, 0.4) is 0 Å². The lowest BCUT2D eigenvalue weighted by atomic mass is 10.0. The first-order valence-corrected chi connectivity index (χ1v) is 10.9. The Labute approximate surface area is 187 Å². The fraction of sp³-hybridized carbons (Fsp3) is 0.391. The number of benzene rings is 1. The van der Waals surface area contributed by atoms with E-state index >= 15 is 0 Å². The van der Waals surface area contributed by atoms with Gasteiger partial charge in [0.2, 0.25) is 0 Å². The maximum absolute atomic E-state index is 5.54. The van der Waals surface area contributed by atoms with Gasteiger partial charge in [0.25, 0.3) is 5.89 Å². The third-order valence-electron chi connectivity index (χ3n) is 5.40. The molecule has 9 heteroatoms. The summed E-state index contributed by atoms with van der Waals surface area (Å²) in [5, 5.41) is 10.9. The molecular formula is C23H29N7O2. The summed E-state index contributed by atoms with van der Waals surface area (Å²) in [4.78, 5) is 15.4. The minimum atomic E-state index is 0.292. The maximum atomic E-state index is 5.54. The topological polar surface area (TPSA) is 101 Å². The highest BCUT2D eigenvalue weighted by Gasteiger charge is 2.22. The Hall–Kier alpha value is -3.62. The average molecular weight is 436 g/mol. The molecule has 0 saturated carbocycles. The van der Waals surface area contributed by atoms with Crippen LogP contribution < -0.4 is 20.3 Å². The first kappa shape index (κ1) is 21.6. The van der Waals surface area contributed by atoms with Crippen LogP contribution in [-0.4, -0.2) is 60.9 Å². The molecular weight excluding hydrogens is 406 g/mol. The molecule has 1 saturated heterocycles. The molecule has 0 aliphatic carbocycles. The molecule has 0 radical (unpaired) electrons. The summed E-state index contributed by atoms with van der Waals surface area (Å²) in [5.74, 6) is 2.74. The molecule has 0 spiro atoms. The predicted octanol–water partition coefficient (Wildman–Crippen LogP) is 2.52. The second-order valence-corrected chi connectivity index (χ2v) is 7.58. The van der Waals surface area contributed by atoms with Crippen LogP contribution in [0.5, 0.6) is 5.75 Å². The van der Waals surface area contributed by atoms with Gasteiger partial charge in [-0.15, -0.1) is 0 Å². The van der Waals surface area contributed by atoms with Crippen LogP contribution >= 0.6 is 0 Å².